The van der Waals surface area contributed by atoms with E-state index in [1.54, 1.807) is 30.4 Å². The molecule has 1 amide bonds. The minimum Gasteiger partial charge on any atom is -0.386 e. The lowest BCUT2D eigenvalue weighted by Gasteiger charge is -2.41. The van der Waals surface area contributed by atoms with Crippen LogP contribution in [-0.2, 0) is 0 Å². The lowest BCUT2D eigenvalue weighted by molar-refractivity contribution is -0.000318. The van der Waals surface area contributed by atoms with E-state index in [4.69, 9.17) is 0 Å². The van der Waals surface area contributed by atoms with E-state index >= 15 is 0 Å². The second-order valence-corrected chi connectivity index (χ2v) is 6.77. The van der Waals surface area contributed by atoms with Crippen LogP contribution in [0.5, 0.6) is 0 Å². The predicted molar refractivity (Wildman–Crippen MR) is 96.6 cm³/mol. The van der Waals surface area contributed by atoms with Gasteiger partial charge in [0, 0.05) is 31.5 Å². The Labute approximate surface area is 148 Å². The van der Waals surface area contributed by atoms with Crippen molar-refractivity contribution in [3.8, 4) is 0 Å². The first-order valence-electron chi connectivity index (χ1n) is 8.54. The molecule has 25 heavy (non-hydrogen) atoms. The fourth-order valence-corrected chi connectivity index (χ4v) is 3.40. The van der Waals surface area contributed by atoms with Crippen molar-refractivity contribution in [1.82, 2.24) is 14.9 Å². The van der Waals surface area contributed by atoms with Crippen LogP contribution in [0.2, 0.25) is 0 Å². The van der Waals surface area contributed by atoms with Gasteiger partial charge in [-0.05, 0) is 37.5 Å². The van der Waals surface area contributed by atoms with Crippen LogP contribution in [-0.4, -0.2) is 58.2 Å². The molecule has 3 rings (SSSR count). The summed E-state index contributed by atoms with van der Waals surface area (Å²) >= 11 is 0. The molecule has 0 saturated carbocycles. The number of piperidine rings is 1. The Morgan fingerprint density at radius 3 is 2.72 bits per heavy atom. The fraction of sp³-hybridized carbons (Fsp3) is 0.421. The number of aryl methyl sites for hydroxylation is 1. The van der Waals surface area contributed by atoms with Crippen LogP contribution in [0.1, 0.15) is 28.8 Å². The number of nitrogens with zero attached hydrogens (tertiary/aromatic N) is 4. The molecular formula is C19H24N4O2. The highest BCUT2D eigenvalue weighted by Gasteiger charge is 2.36. The SMILES string of the molecule is Cc1ccccc1C(=O)N(C)C[C@]1(O)CCCN(c2ncccn2)C1. The molecule has 0 spiro atoms. The molecule has 1 N–H and O–H groups in total. The number of likely N-dealkylation sites (N-methyl/N-ethyl adjacent to an activating group) is 1. The Morgan fingerprint density at radius 1 is 1.28 bits per heavy atom. The molecule has 2 aromatic rings. The fourth-order valence-electron chi connectivity index (χ4n) is 3.40. The molecule has 0 unspecified atom stereocenters. The van der Waals surface area contributed by atoms with Crippen molar-refractivity contribution in [3.63, 3.8) is 0 Å². The summed E-state index contributed by atoms with van der Waals surface area (Å²) in [4.78, 5) is 24.8. The zero-order valence-corrected chi connectivity index (χ0v) is 14.7. The summed E-state index contributed by atoms with van der Waals surface area (Å²) in [6.07, 6.45) is 4.89. The molecule has 1 saturated heterocycles. The van der Waals surface area contributed by atoms with Crippen LogP contribution in [0.4, 0.5) is 5.95 Å². The van der Waals surface area contributed by atoms with Crippen molar-refractivity contribution in [2.45, 2.75) is 25.4 Å². The van der Waals surface area contributed by atoms with Gasteiger partial charge < -0.3 is 14.9 Å². The van der Waals surface area contributed by atoms with E-state index < -0.39 is 5.60 Å². The van der Waals surface area contributed by atoms with E-state index in [2.05, 4.69) is 9.97 Å². The van der Waals surface area contributed by atoms with Crippen LogP contribution in [0, 0.1) is 6.92 Å². The van der Waals surface area contributed by atoms with Gasteiger partial charge in [-0.2, -0.15) is 0 Å². The van der Waals surface area contributed by atoms with Crippen LogP contribution >= 0.6 is 0 Å². The standard InChI is InChI=1S/C19H24N4O2/c1-15-7-3-4-8-16(15)17(24)22(2)13-19(25)9-5-12-23(14-19)18-20-10-6-11-21-18/h3-4,6-8,10-11,25H,5,9,12-14H2,1-2H3/t19-/m1/s1. The van der Waals surface area contributed by atoms with Gasteiger partial charge in [-0.1, -0.05) is 18.2 Å². The molecule has 0 radical (unpaired) electrons. The summed E-state index contributed by atoms with van der Waals surface area (Å²) in [6.45, 7) is 3.43. The molecular weight excluding hydrogens is 316 g/mol. The molecule has 6 heteroatoms. The van der Waals surface area contributed by atoms with Gasteiger partial charge in [0.2, 0.25) is 5.95 Å². The molecule has 1 fully saturated rings. The van der Waals surface area contributed by atoms with E-state index in [9.17, 15) is 9.90 Å². The first-order chi connectivity index (χ1) is 12.0. The molecule has 2 heterocycles. The molecule has 1 aromatic carbocycles. The number of aliphatic hydroxyl groups is 1. The predicted octanol–water partition coefficient (Wildman–Crippen LogP) is 1.89. The van der Waals surface area contributed by atoms with Gasteiger partial charge in [-0.25, -0.2) is 9.97 Å². The maximum absolute atomic E-state index is 12.7. The number of aromatic nitrogens is 2. The highest BCUT2D eigenvalue weighted by atomic mass is 16.3. The summed E-state index contributed by atoms with van der Waals surface area (Å²) in [7, 11) is 1.74. The second-order valence-electron chi connectivity index (χ2n) is 6.77. The Morgan fingerprint density at radius 2 is 2.00 bits per heavy atom. The van der Waals surface area contributed by atoms with Gasteiger partial charge in [0.25, 0.3) is 5.91 Å². The Hall–Kier alpha value is -2.47. The molecule has 132 valence electrons. The van der Waals surface area contributed by atoms with Crippen molar-refractivity contribution in [2.75, 3.05) is 31.6 Å². The average Bonchev–Trinajstić information content (AvgIpc) is 2.62. The number of hydrogen-bond donors (Lipinski definition) is 1. The number of hydrogen-bond acceptors (Lipinski definition) is 5. The van der Waals surface area contributed by atoms with Crippen LogP contribution in [0.15, 0.2) is 42.7 Å². The molecule has 1 atom stereocenters. The summed E-state index contributed by atoms with van der Waals surface area (Å²) in [5.74, 6) is 0.549. The largest absolute Gasteiger partial charge is 0.386 e. The lowest BCUT2D eigenvalue weighted by Crippen LogP contribution is -2.55. The monoisotopic (exact) mass is 340 g/mol. The zero-order chi connectivity index (χ0) is 17.9. The summed E-state index contributed by atoms with van der Waals surface area (Å²) < 4.78 is 0. The first-order valence-corrected chi connectivity index (χ1v) is 8.54. The third-order valence-corrected chi connectivity index (χ3v) is 4.64. The molecule has 0 bridgehead atoms. The number of anilines is 1. The number of amides is 1. The van der Waals surface area contributed by atoms with E-state index in [-0.39, 0.29) is 12.5 Å². The molecule has 1 aliphatic rings. The van der Waals surface area contributed by atoms with E-state index in [0.717, 1.165) is 18.5 Å². The molecule has 0 aliphatic carbocycles. The van der Waals surface area contributed by atoms with Crippen molar-refractivity contribution in [3.05, 3.63) is 53.9 Å². The first kappa shape index (κ1) is 17.4. The van der Waals surface area contributed by atoms with Gasteiger partial charge in [0.15, 0.2) is 0 Å². The number of β-amino-alcohol motifs (C(OH)–C–C–N with tert-alkyl or cyclic N) is 1. The number of benzene rings is 1. The van der Waals surface area contributed by atoms with Crippen LogP contribution in [0.3, 0.4) is 0 Å². The Kier molecular flexibility index (Phi) is 4.99. The van der Waals surface area contributed by atoms with Gasteiger partial charge in [-0.15, -0.1) is 0 Å². The highest BCUT2D eigenvalue weighted by Crippen LogP contribution is 2.25. The number of carbonyl (C=O) groups excluding carboxylic acids is 1. The van der Waals surface area contributed by atoms with E-state index in [1.165, 1.54) is 0 Å². The molecule has 1 aliphatic heterocycles. The minimum atomic E-state index is -0.968. The van der Waals surface area contributed by atoms with Crippen molar-refractivity contribution < 1.29 is 9.90 Å². The zero-order valence-electron chi connectivity index (χ0n) is 14.7. The van der Waals surface area contributed by atoms with Gasteiger partial charge in [-0.3, -0.25) is 4.79 Å². The smallest absolute Gasteiger partial charge is 0.253 e. The van der Waals surface area contributed by atoms with Crippen molar-refractivity contribution in [1.29, 1.82) is 0 Å². The van der Waals surface area contributed by atoms with Crippen molar-refractivity contribution in [2.24, 2.45) is 0 Å². The topological polar surface area (TPSA) is 69.6 Å². The molecule has 6 nitrogen and oxygen atoms in total. The van der Waals surface area contributed by atoms with Gasteiger partial charge in [0.1, 0.15) is 0 Å². The second kappa shape index (κ2) is 7.19. The maximum atomic E-state index is 12.7. The van der Waals surface area contributed by atoms with Crippen LogP contribution in [0.25, 0.3) is 0 Å². The number of carbonyl (C=O) groups is 1. The van der Waals surface area contributed by atoms with Gasteiger partial charge in [0.05, 0.1) is 18.7 Å². The summed E-state index contributed by atoms with van der Waals surface area (Å²) in [5.41, 5.74) is 0.645. The highest BCUT2D eigenvalue weighted by molar-refractivity contribution is 5.95. The maximum Gasteiger partial charge on any atom is 0.253 e. The summed E-state index contributed by atoms with van der Waals surface area (Å²) in [5, 5.41) is 11.0. The third-order valence-electron chi connectivity index (χ3n) is 4.64. The quantitative estimate of drug-likeness (QED) is 0.920. The normalized spacial score (nSPS) is 20.4. The minimum absolute atomic E-state index is 0.0698. The lowest BCUT2D eigenvalue weighted by atomic mass is 9.92. The third kappa shape index (κ3) is 3.96. The Balaban J connectivity index is 1.70. The average molecular weight is 340 g/mol. The molecule has 1 aromatic heterocycles. The van der Waals surface area contributed by atoms with Crippen LogP contribution < -0.4 is 4.90 Å². The van der Waals surface area contributed by atoms with Crippen molar-refractivity contribution >= 4 is 11.9 Å². The van der Waals surface area contributed by atoms with Gasteiger partial charge >= 0.3 is 0 Å². The Bertz CT molecular complexity index is 737. The van der Waals surface area contributed by atoms with E-state index in [1.807, 2.05) is 36.1 Å². The summed E-state index contributed by atoms with van der Waals surface area (Å²) in [6, 6.07) is 9.29. The number of rotatable bonds is 4. The van der Waals surface area contributed by atoms with E-state index in [0.29, 0.717) is 24.5 Å².